The molecule has 0 nitrogen and oxygen atoms in total. The van der Waals surface area contributed by atoms with E-state index in [0.717, 1.165) is 33.9 Å². The second kappa shape index (κ2) is 9.43. The molecule has 3 aromatic carbocycles. The molecule has 0 radical (unpaired) electrons. The summed E-state index contributed by atoms with van der Waals surface area (Å²) in [6, 6.07) is 24.4. The van der Waals surface area contributed by atoms with Gasteiger partial charge in [-0.15, -0.1) is 0 Å². The Morgan fingerprint density at radius 3 is 1.25 bits per heavy atom. The SMILES string of the molecule is CCCCc1ccc(S(F)(c2ccc(CC)cc2)c2ccc(CC)cc2)cc1. The molecule has 0 amide bonds. The van der Waals surface area contributed by atoms with Crippen molar-refractivity contribution in [2.75, 3.05) is 0 Å². The summed E-state index contributed by atoms with van der Waals surface area (Å²) in [5.41, 5.74) is 3.76. The molecule has 0 atom stereocenters. The standard InChI is InChI=1S/C26H31FS/c1-4-7-8-23-13-19-26(20-14-23)28(27,24-15-9-21(5-2)10-16-24)25-17-11-22(6-3)12-18-25/h9-20H,4-8H2,1-3H3. The molecule has 0 aliphatic rings. The van der Waals surface area contributed by atoms with Crippen molar-refractivity contribution in [3.63, 3.8) is 0 Å². The summed E-state index contributed by atoms with van der Waals surface area (Å²) in [6.45, 7) is 6.46. The number of hydrogen-bond acceptors (Lipinski definition) is 0. The maximum absolute atomic E-state index is 16.9. The Balaban J connectivity index is 2.07. The minimum absolute atomic E-state index is 0.773. The zero-order chi connectivity index (χ0) is 20.0. The third-order valence-electron chi connectivity index (χ3n) is 5.38. The number of hydrogen-bond donors (Lipinski definition) is 0. The average Bonchev–Trinajstić information content (AvgIpc) is 2.77. The van der Waals surface area contributed by atoms with E-state index in [0.29, 0.717) is 0 Å². The summed E-state index contributed by atoms with van der Waals surface area (Å²) in [5.74, 6) is 0. The number of unbranched alkanes of at least 4 members (excludes halogenated alkanes) is 1. The van der Waals surface area contributed by atoms with Crippen LogP contribution in [0.25, 0.3) is 0 Å². The van der Waals surface area contributed by atoms with Crippen molar-refractivity contribution in [1.82, 2.24) is 0 Å². The van der Waals surface area contributed by atoms with Gasteiger partial charge in [-0.05, 0) is 89.2 Å². The zero-order valence-electron chi connectivity index (χ0n) is 17.2. The van der Waals surface area contributed by atoms with Crippen LogP contribution < -0.4 is 0 Å². The Bertz CT molecular complexity index is 816. The van der Waals surface area contributed by atoms with Gasteiger partial charge in [0.05, 0.1) is 0 Å². The van der Waals surface area contributed by atoms with Gasteiger partial charge in [-0.2, -0.15) is 3.89 Å². The maximum atomic E-state index is 16.9. The molecular weight excluding hydrogens is 363 g/mol. The van der Waals surface area contributed by atoms with Crippen LogP contribution in [0.1, 0.15) is 50.3 Å². The lowest BCUT2D eigenvalue weighted by molar-refractivity contribution is 0.794. The largest absolute Gasteiger partial charge is 0.175 e. The van der Waals surface area contributed by atoms with Gasteiger partial charge >= 0.3 is 0 Å². The lowest BCUT2D eigenvalue weighted by Gasteiger charge is -2.32. The molecule has 0 heterocycles. The van der Waals surface area contributed by atoms with E-state index in [9.17, 15) is 0 Å². The van der Waals surface area contributed by atoms with Gasteiger partial charge in [-0.25, -0.2) is 0 Å². The van der Waals surface area contributed by atoms with Gasteiger partial charge in [0, 0.05) is 14.7 Å². The fourth-order valence-electron chi connectivity index (χ4n) is 3.46. The summed E-state index contributed by atoms with van der Waals surface area (Å²) in [7, 11) is -2.76. The molecule has 0 aliphatic carbocycles. The normalized spacial score (nSPS) is 12.1. The van der Waals surface area contributed by atoms with E-state index < -0.39 is 10.4 Å². The van der Waals surface area contributed by atoms with Gasteiger partial charge in [0.1, 0.15) is 0 Å². The molecule has 2 heteroatoms. The molecule has 0 saturated carbocycles. The van der Waals surface area contributed by atoms with Crippen LogP contribution in [0.2, 0.25) is 0 Å². The van der Waals surface area contributed by atoms with E-state index in [1.54, 1.807) is 0 Å². The molecule has 3 rings (SSSR count). The molecule has 0 bridgehead atoms. The molecule has 0 unspecified atom stereocenters. The molecule has 0 saturated heterocycles. The van der Waals surface area contributed by atoms with Crippen molar-refractivity contribution in [3.05, 3.63) is 89.5 Å². The molecule has 0 aliphatic heterocycles. The molecule has 148 valence electrons. The second-order valence-corrected chi connectivity index (χ2v) is 9.77. The van der Waals surface area contributed by atoms with Gasteiger partial charge in [-0.1, -0.05) is 63.6 Å². The van der Waals surface area contributed by atoms with Crippen LogP contribution in [0.4, 0.5) is 3.89 Å². The number of rotatable bonds is 8. The third kappa shape index (κ3) is 4.33. The molecule has 0 spiro atoms. The van der Waals surface area contributed by atoms with Crippen LogP contribution >= 0.6 is 10.4 Å². The van der Waals surface area contributed by atoms with Crippen molar-refractivity contribution in [2.24, 2.45) is 0 Å². The summed E-state index contributed by atoms with van der Waals surface area (Å²) < 4.78 is 16.9. The summed E-state index contributed by atoms with van der Waals surface area (Å²) >= 11 is 0. The lowest BCUT2D eigenvalue weighted by atomic mass is 10.1. The van der Waals surface area contributed by atoms with Crippen LogP contribution in [-0.2, 0) is 19.3 Å². The Morgan fingerprint density at radius 1 is 0.571 bits per heavy atom. The molecule has 3 aromatic rings. The Labute approximate surface area is 171 Å². The average molecular weight is 395 g/mol. The minimum atomic E-state index is -2.76. The number of halogens is 1. The highest BCUT2D eigenvalue weighted by atomic mass is 32.3. The number of benzene rings is 3. The topological polar surface area (TPSA) is 0 Å². The fourth-order valence-corrected chi connectivity index (χ4v) is 5.81. The first-order valence-electron chi connectivity index (χ1n) is 10.4. The van der Waals surface area contributed by atoms with Crippen molar-refractivity contribution in [2.45, 2.75) is 67.6 Å². The highest BCUT2D eigenvalue weighted by molar-refractivity contribution is 8.29. The first-order chi connectivity index (χ1) is 13.6. The smallest absolute Gasteiger partial charge is 0.0263 e. The van der Waals surface area contributed by atoms with Gasteiger partial charge in [0.25, 0.3) is 0 Å². The van der Waals surface area contributed by atoms with Crippen molar-refractivity contribution in [3.8, 4) is 0 Å². The van der Waals surface area contributed by atoms with E-state index in [2.05, 4.69) is 57.2 Å². The fraction of sp³-hybridized carbons (Fsp3) is 0.308. The molecule has 0 fully saturated rings. The van der Waals surface area contributed by atoms with Gasteiger partial charge in [0.15, 0.2) is 0 Å². The second-order valence-electron chi connectivity index (χ2n) is 7.28. The van der Waals surface area contributed by atoms with E-state index in [1.165, 1.54) is 29.5 Å². The van der Waals surface area contributed by atoms with Gasteiger partial charge in [0.2, 0.25) is 0 Å². The van der Waals surface area contributed by atoms with E-state index in [-0.39, 0.29) is 0 Å². The van der Waals surface area contributed by atoms with E-state index in [1.807, 2.05) is 36.4 Å². The third-order valence-corrected chi connectivity index (χ3v) is 8.15. The summed E-state index contributed by atoms with van der Waals surface area (Å²) in [5, 5.41) is 0. The Morgan fingerprint density at radius 2 is 0.929 bits per heavy atom. The van der Waals surface area contributed by atoms with Crippen LogP contribution in [0.15, 0.2) is 87.5 Å². The predicted molar refractivity (Wildman–Crippen MR) is 120 cm³/mol. The highest BCUT2D eigenvalue weighted by Gasteiger charge is 2.31. The quantitative estimate of drug-likeness (QED) is 0.360. The first kappa shape index (κ1) is 20.7. The lowest BCUT2D eigenvalue weighted by Crippen LogP contribution is -1.99. The van der Waals surface area contributed by atoms with Crippen LogP contribution in [0.5, 0.6) is 0 Å². The van der Waals surface area contributed by atoms with Gasteiger partial charge in [-0.3, -0.25) is 0 Å². The monoisotopic (exact) mass is 394 g/mol. The van der Waals surface area contributed by atoms with Crippen LogP contribution in [0.3, 0.4) is 0 Å². The maximum Gasteiger partial charge on any atom is 0.0263 e. The predicted octanol–water partition coefficient (Wildman–Crippen LogP) is 8.32. The zero-order valence-corrected chi connectivity index (χ0v) is 18.1. The van der Waals surface area contributed by atoms with Crippen LogP contribution in [-0.4, -0.2) is 0 Å². The highest BCUT2D eigenvalue weighted by Crippen LogP contribution is 2.69. The Hall–Kier alpha value is -2.06. The summed E-state index contributed by atoms with van der Waals surface area (Å²) in [4.78, 5) is 2.33. The number of aryl methyl sites for hydroxylation is 3. The minimum Gasteiger partial charge on any atom is -0.175 e. The molecule has 0 N–H and O–H groups in total. The van der Waals surface area contributed by atoms with Crippen molar-refractivity contribution >= 4 is 10.4 Å². The van der Waals surface area contributed by atoms with Crippen LogP contribution in [0, 0.1) is 0 Å². The first-order valence-corrected chi connectivity index (χ1v) is 11.9. The van der Waals surface area contributed by atoms with E-state index in [4.69, 9.17) is 0 Å². The molecular formula is C26H31FS. The Kier molecular flexibility index (Phi) is 6.96. The molecule has 28 heavy (non-hydrogen) atoms. The van der Waals surface area contributed by atoms with Crippen molar-refractivity contribution < 1.29 is 3.89 Å². The molecule has 0 aromatic heterocycles. The summed E-state index contributed by atoms with van der Waals surface area (Å²) in [6.07, 6.45) is 5.33. The van der Waals surface area contributed by atoms with Gasteiger partial charge < -0.3 is 0 Å². The van der Waals surface area contributed by atoms with E-state index >= 15 is 3.89 Å². The van der Waals surface area contributed by atoms with Crippen molar-refractivity contribution in [1.29, 1.82) is 0 Å².